The fourth-order valence-electron chi connectivity index (χ4n) is 1.10. The van der Waals surface area contributed by atoms with E-state index in [4.69, 9.17) is 16.3 Å². The molecule has 0 saturated carbocycles. The summed E-state index contributed by atoms with van der Waals surface area (Å²) in [5.74, 6) is 1.31. The Morgan fingerprint density at radius 2 is 1.64 bits per heavy atom. The summed E-state index contributed by atoms with van der Waals surface area (Å²) in [6.45, 7) is 13.7. The molecule has 0 spiro atoms. The number of alkyl halides is 1. The first-order valence-electron chi connectivity index (χ1n) is 5.41. The summed E-state index contributed by atoms with van der Waals surface area (Å²) in [5.41, 5.74) is 0.164. The van der Waals surface area contributed by atoms with Crippen molar-refractivity contribution in [3.05, 3.63) is 0 Å². The minimum Gasteiger partial charge on any atom is -0.376 e. The van der Waals surface area contributed by atoms with Gasteiger partial charge in [0.2, 0.25) is 0 Å². The second-order valence-corrected chi connectivity index (χ2v) is 5.92. The third kappa shape index (κ3) is 5.21. The molecule has 0 aliphatic heterocycles. The van der Waals surface area contributed by atoms with Crippen LogP contribution in [0, 0.1) is 11.3 Å². The van der Waals surface area contributed by atoms with Gasteiger partial charge in [0.25, 0.3) is 0 Å². The summed E-state index contributed by atoms with van der Waals surface area (Å²) < 4.78 is 5.72. The molecule has 0 aliphatic rings. The summed E-state index contributed by atoms with van der Waals surface area (Å²) in [6, 6.07) is 0. The number of hydrogen-bond acceptors (Lipinski definition) is 1. The van der Waals surface area contributed by atoms with E-state index in [0.29, 0.717) is 11.8 Å². The van der Waals surface area contributed by atoms with Gasteiger partial charge in [-0.1, -0.05) is 20.8 Å². The first kappa shape index (κ1) is 14.2. The fraction of sp³-hybridized carbons (Fsp3) is 1.00. The molecule has 2 heteroatoms. The van der Waals surface area contributed by atoms with Crippen LogP contribution in [0.5, 0.6) is 0 Å². The van der Waals surface area contributed by atoms with Crippen molar-refractivity contribution in [2.45, 2.75) is 53.6 Å². The largest absolute Gasteiger partial charge is 0.376 e. The Hall–Kier alpha value is 0.250. The van der Waals surface area contributed by atoms with E-state index in [1.807, 2.05) is 0 Å². The van der Waals surface area contributed by atoms with Crippen LogP contribution in [0.4, 0.5) is 0 Å². The second-order valence-electron chi connectivity index (χ2n) is 5.65. The van der Waals surface area contributed by atoms with Crippen LogP contribution in [-0.2, 0) is 4.74 Å². The van der Waals surface area contributed by atoms with E-state index in [2.05, 4.69) is 41.5 Å². The van der Waals surface area contributed by atoms with E-state index < -0.39 is 0 Å². The van der Waals surface area contributed by atoms with Crippen LogP contribution in [0.3, 0.4) is 0 Å². The molecule has 1 unspecified atom stereocenters. The summed E-state index contributed by atoms with van der Waals surface area (Å²) in [7, 11) is 0. The van der Waals surface area contributed by atoms with E-state index in [-0.39, 0.29) is 11.0 Å². The zero-order chi connectivity index (χ0) is 11.4. The highest BCUT2D eigenvalue weighted by Crippen LogP contribution is 2.32. The molecule has 0 fully saturated rings. The quantitative estimate of drug-likeness (QED) is 0.635. The molecule has 14 heavy (non-hydrogen) atoms. The molecule has 0 aromatic carbocycles. The molecule has 0 aromatic heterocycles. The fourth-order valence-corrected chi connectivity index (χ4v) is 1.54. The highest BCUT2D eigenvalue weighted by atomic mass is 35.5. The van der Waals surface area contributed by atoms with Gasteiger partial charge in [-0.05, 0) is 38.5 Å². The molecule has 0 amide bonds. The Morgan fingerprint density at radius 3 is 1.93 bits per heavy atom. The predicted molar refractivity (Wildman–Crippen MR) is 64.0 cm³/mol. The molecule has 0 radical (unpaired) electrons. The predicted octanol–water partition coefficient (Wildman–Crippen LogP) is 4.09. The summed E-state index contributed by atoms with van der Waals surface area (Å²) in [4.78, 5) is 0. The van der Waals surface area contributed by atoms with Crippen molar-refractivity contribution in [2.24, 2.45) is 11.3 Å². The number of rotatable bonds is 5. The maximum Gasteiger partial charge on any atom is 0.0598 e. The molecule has 0 heterocycles. The minimum absolute atomic E-state index is 0.0375. The summed E-state index contributed by atoms with van der Waals surface area (Å²) >= 11 is 6.00. The van der Waals surface area contributed by atoms with Crippen LogP contribution < -0.4 is 0 Å². The Labute approximate surface area is 94.2 Å². The molecule has 0 N–H and O–H groups in total. The van der Waals surface area contributed by atoms with Crippen LogP contribution >= 0.6 is 11.6 Å². The normalized spacial score (nSPS) is 17.1. The molecule has 0 aliphatic carbocycles. The average molecular weight is 221 g/mol. The molecule has 0 saturated heterocycles. The van der Waals surface area contributed by atoms with Crippen LogP contribution in [0.1, 0.15) is 48.0 Å². The third-order valence-electron chi connectivity index (χ3n) is 2.91. The highest BCUT2D eigenvalue weighted by molar-refractivity contribution is 6.18. The minimum atomic E-state index is -0.0375. The van der Waals surface area contributed by atoms with Gasteiger partial charge >= 0.3 is 0 Å². The smallest absolute Gasteiger partial charge is 0.0598 e. The SMILES string of the molecule is CC(C)C(C)(CCl)CCOC(C)(C)C. The molecule has 86 valence electrons. The van der Waals surface area contributed by atoms with Crippen molar-refractivity contribution in [1.29, 1.82) is 0 Å². The van der Waals surface area contributed by atoms with E-state index in [0.717, 1.165) is 13.0 Å². The molecule has 0 bridgehead atoms. The van der Waals surface area contributed by atoms with Gasteiger partial charge in [-0.15, -0.1) is 11.6 Å². The average Bonchev–Trinajstić information content (AvgIpc) is 2.01. The molecule has 0 rings (SSSR count). The molecule has 1 nitrogen and oxygen atoms in total. The highest BCUT2D eigenvalue weighted by Gasteiger charge is 2.27. The maximum atomic E-state index is 6.00. The van der Waals surface area contributed by atoms with Crippen molar-refractivity contribution in [3.8, 4) is 0 Å². The van der Waals surface area contributed by atoms with E-state index in [9.17, 15) is 0 Å². The summed E-state index contributed by atoms with van der Waals surface area (Å²) in [6.07, 6.45) is 1.03. The lowest BCUT2D eigenvalue weighted by Gasteiger charge is -2.32. The van der Waals surface area contributed by atoms with Gasteiger partial charge in [-0.25, -0.2) is 0 Å². The van der Waals surface area contributed by atoms with Crippen LogP contribution in [0.15, 0.2) is 0 Å². The van der Waals surface area contributed by atoms with Crippen molar-refractivity contribution in [2.75, 3.05) is 12.5 Å². The van der Waals surface area contributed by atoms with Crippen LogP contribution in [0.2, 0.25) is 0 Å². The first-order chi connectivity index (χ1) is 6.21. The molecular weight excluding hydrogens is 196 g/mol. The first-order valence-corrected chi connectivity index (χ1v) is 5.95. The zero-order valence-corrected chi connectivity index (χ0v) is 11.2. The Morgan fingerprint density at radius 1 is 1.14 bits per heavy atom. The van der Waals surface area contributed by atoms with Crippen LogP contribution in [-0.4, -0.2) is 18.1 Å². The maximum absolute atomic E-state index is 6.00. The van der Waals surface area contributed by atoms with Gasteiger partial charge in [0.1, 0.15) is 0 Å². The number of hydrogen-bond donors (Lipinski definition) is 0. The Kier molecular flexibility index (Phi) is 5.46. The Balaban J connectivity index is 3.97. The molecular formula is C12H25ClO. The lowest BCUT2D eigenvalue weighted by Crippen LogP contribution is -2.29. The number of ether oxygens (including phenoxy) is 1. The van der Waals surface area contributed by atoms with Gasteiger partial charge in [0.15, 0.2) is 0 Å². The van der Waals surface area contributed by atoms with Gasteiger partial charge in [-0.2, -0.15) is 0 Å². The van der Waals surface area contributed by atoms with Crippen molar-refractivity contribution in [3.63, 3.8) is 0 Å². The molecule has 1 atom stereocenters. The summed E-state index contributed by atoms with van der Waals surface area (Å²) in [5, 5.41) is 0. The van der Waals surface area contributed by atoms with E-state index in [1.54, 1.807) is 0 Å². The topological polar surface area (TPSA) is 9.23 Å². The van der Waals surface area contributed by atoms with Gasteiger partial charge < -0.3 is 4.74 Å². The monoisotopic (exact) mass is 220 g/mol. The van der Waals surface area contributed by atoms with Crippen LogP contribution in [0.25, 0.3) is 0 Å². The second kappa shape index (κ2) is 5.37. The lowest BCUT2D eigenvalue weighted by atomic mass is 9.78. The van der Waals surface area contributed by atoms with Crippen molar-refractivity contribution >= 4 is 11.6 Å². The van der Waals surface area contributed by atoms with Crippen molar-refractivity contribution in [1.82, 2.24) is 0 Å². The third-order valence-corrected chi connectivity index (χ3v) is 3.52. The number of halogens is 1. The van der Waals surface area contributed by atoms with E-state index >= 15 is 0 Å². The molecule has 0 aromatic rings. The van der Waals surface area contributed by atoms with Gasteiger partial charge in [-0.3, -0.25) is 0 Å². The standard InChI is InChI=1S/C12H25ClO/c1-10(2)12(6,9-13)7-8-14-11(3,4)5/h10H,7-9H2,1-6H3. The van der Waals surface area contributed by atoms with Gasteiger partial charge in [0.05, 0.1) is 5.60 Å². The van der Waals surface area contributed by atoms with E-state index in [1.165, 1.54) is 0 Å². The Bertz CT molecular complexity index is 160. The zero-order valence-electron chi connectivity index (χ0n) is 10.5. The van der Waals surface area contributed by atoms with Gasteiger partial charge in [0, 0.05) is 12.5 Å². The van der Waals surface area contributed by atoms with Crippen molar-refractivity contribution < 1.29 is 4.74 Å². The lowest BCUT2D eigenvalue weighted by molar-refractivity contribution is -0.0196.